The summed E-state index contributed by atoms with van der Waals surface area (Å²) in [4.78, 5) is 11.4. The van der Waals surface area contributed by atoms with Gasteiger partial charge in [0.2, 0.25) is 0 Å². The Kier molecular flexibility index (Phi) is 3.99. The SMILES string of the molecule is CC1(C)c2ccccc2N(c2ccc(-c3nc4ccncc4s3)cc2)c2ccccc21. The molecule has 0 amide bonds. The Labute approximate surface area is 185 Å². The van der Waals surface area contributed by atoms with E-state index in [-0.39, 0.29) is 5.41 Å². The van der Waals surface area contributed by atoms with Gasteiger partial charge in [0.25, 0.3) is 0 Å². The average molecular weight is 420 g/mol. The number of hydrogen-bond acceptors (Lipinski definition) is 4. The topological polar surface area (TPSA) is 29.0 Å². The zero-order valence-corrected chi connectivity index (χ0v) is 18.2. The van der Waals surface area contributed by atoms with E-state index >= 15 is 0 Å². The average Bonchev–Trinajstić information content (AvgIpc) is 3.24. The third-order valence-electron chi connectivity index (χ3n) is 6.20. The molecule has 0 aliphatic carbocycles. The van der Waals surface area contributed by atoms with E-state index in [0.29, 0.717) is 0 Å². The fourth-order valence-electron chi connectivity index (χ4n) is 4.60. The third kappa shape index (κ3) is 2.79. The number of thiazole rings is 1. The standard InChI is InChI=1S/C27H21N3S/c1-27(2)20-7-3-5-9-23(20)30(24-10-6-4-8-21(24)27)19-13-11-18(12-14-19)26-29-22-15-16-28-17-25(22)31-26/h3-17H,1-2H3. The van der Waals surface area contributed by atoms with Crippen LogP contribution >= 0.6 is 11.3 Å². The first kappa shape index (κ1) is 18.3. The zero-order valence-electron chi connectivity index (χ0n) is 17.4. The van der Waals surface area contributed by atoms with Gasteiger partial charge in [0.05, 0.1) is 21.6 Å². The molecule has 0 saturated heterocycles. The van der Waals surface area contributed by atoms with Crippen molar-refractivity contribution in [3.05, 3.63) is 102 Å². The molecule has 1 aliphatic rings. The van der Waals surface area contributed by atoms with Gasteiger partial charge in [-0.15, -0.1) is 11.3 Å². The molecular weight excluding hydrogens is 398 g/mol. The summed E-state index contributed by atoms with van der Waals surface area (Å²) in [6, 6.07) is 28.2. The minimum Gasteiger partial charge on any atom is -0.310 e. The molecule has 0 atom stereocenters. The summed E-state index contributed by atoms with van der Waals surface area (Å²) in [5, 5.41) is 1.02. The van der Waals surface area contributed by atoms with Crippen LogP contribution in [-0.2, 0) is 5.41 Å². The Balaban J connectivity index is 1.47. The molecule has 31 heavy (non-hydrogen) atoms. The maximum atomic E-state index is 4.78. The first-order valence-electron chi connectivity index (χ1n) is 10.4. The second-order valence-electron chi connectivity index (χ2n) is 8.40. The van der Waals surface area contributed by atoms with E-state index in [1.54, 1.807) is 17.5 Å². The predicted molar refractivity (Wildman–Crippen MR) is 130 cm³/mol. The molecule has 0 radical (unpaired) electrons. The lowest BCUT2D eigenvalue weighted by Crippen LogP contribution is -2.30. The summed E-state index contributed by atoms with van der Waals surface area (Å²) >= 11 is 1.68. The Hall–Kier alpha value is -3.50. The van der Waals surface area contributed by atoms with Gasteiger partial charge >= 0.3 is 0 Å². The molecule has 0 saturated carbocycles. The Morgan fingerprint density at radius 2 is 1.42 bits per heavy atom. The van der Waals surface area contributed by atoms with Crippen LogP contribution in [0.5, 0.6) is 0 Å². The molecule has 0 N–H and O–H groups in total. The molecule has 150 valence electrons. The maximum Gasteiger partial charge on any atom is 0.124 e. The van der Waals surface area contributed by atoms with Crippen LogP contribution in [0.3, 0.4) is 0 Å². The van der Waals surface area contributed by atoms with Crippen molar-refractivity contribution in [2.24, 2.45) is 0 Å². The van der Waals surface area contributed by atoms with E-state index in [1.807, 2.05) is 12.3 Å². The molecular formula is C27H21N3S. The highest BCUT2D eigenvalue weighted by Gasteiger charge is 2.36. The van der Waals surface area contributed by atoms with Crippen molar-refractivity contribution < 1.29 is 0 Å². The molecule has 0 bridgehead atoms. The molecule has 6 rings (SSSR count). The summed E-state index contributed by atoms with van der Waals surface area (Å²) in [6.07, 6.45) is 3.68. The molecule has 3 aromatic carbocycles. The van der Waals surface area contributed by atoms with Crippen molar-refractivity contribution in [3.8, 4) is 10.6 Å². The Bertz CT molecular complexity index is 1330. The third-order valence-corrected chi connectivity index (χ3v) is 7.26. The summed E-state index contributed by atoms with van der Waals surface area (Å²) < 4.78 is 1.11. The van der Waals surface area contributed by atoms with Gasteiger partial charge in [-0.2, -0.15) is 0 Å². The van der Waals surface area contributed by atoms with Crippen LogP contribution in [0.2, 0.25) is 0 Å². The lowest BCUT2D eigenvalue weighted by atomic mass is 9.73. The van der Waals surface area contributed by atoms with Crippen LogP contribution in [0.1, 0.15) is 25.0 Å². The van der Waals surface area contributed by atoms with Crippen LogP contribution in [0.15, 0.2) is 91.3 Å². The summed E-state index contributed by atoms with van der Waals surface area (Å²) in [6.45, 7) is 4.63. The molecule has 0 unspecified atom stereocenters. The quantitative estimate of drug-likeness (QED) is 0.297. The highest BCUT2D eigenvalue weighted by atomic mass is 32.1. The van der Waals surface area contributed by atoms with E-state index in [1.165, 1.54) is 22.5 Å². The van der Waals surface area contributed by atoms with Gasteiger partial charge < -0.3 is 4.90 Å². The van der Waals surface area contributed by atoms with Crippen LogP contribution in [0.4, 0.5) is 17.1 Å². The second kappa shape index (κ2) is 6.76. The van der Waals surface area contributed by atoms with Gasteiger partial charge in [0, 0.05) is 29.1 Å². The lowest BCUT2D eigenvalue weighted by Gasteiger charge is -2.42. The molecule has 5 aromatic rings. The number of anilines is 3. The minimum atomic E-state index is -0.0430. The number of nitrogens with zero attached hydrogens (tertiary/aromatic N) is 3. The van der Waals surface area contributed by atoms with E-state index < -0.39 is 0 Å². The van der Waals surface area contributed by atoms with Crippen molar-refractivity contribution in [3.63, 3.8) is 0 Å². The van der Waals surface area contributed by atoms with Crippen LogP contribution in [-0.4, -0.2) is 9.97 Å². The first-order chi connectivity index (χ1) is 15.1. The van der Waals surface area contributed by atoms with E-state index in [0.717, 1.165) is 26.5 Å². The highest BCUT2D eigenvalue weighted by Crippen LogP contribution is 2.51. The van der Waals surface area contributed by atoms with Gasteiger partial charge in [0.15, 0.2) is 0 Å². The van der Waals surface area contributed by atoms with Crippen molar-refractivity contribution in [2.45, 2.75) is 19.3 Å². The number of fused-ring (bicyclic) bond motifs is 3. The number of para-hydroxylation sites is 2. The van der Waals surface area contributed by atoms with Crippen molar-refractivity contribution >= 4 is 38.6 Å². The van der Waals surface area contributed by atoms with E-state index in [2.05, 4.69) is 96.5 Å². The van der Waals surface area contributed by atoms with Gasteiger partial charge in [-0.05, 0) is 53.6 Å². The molecule has 1 aliphatic heterocycles. The second-order valence-corrected chi connectivity index (χ2v) is 9.43. The summed E-state index contributed by atoms with van der Waals surface area (Å²) in [5.41, 5.74) is 8.41. The van der Waals surface area contributed by atoms with Gasteiger partial charge in [0.1, 0.15) is 5.01 Å². The van der Waals surface area contributed by atoms with E-state index in [4.69, 9.17) is 4.98 Å². The Morgan fingerprint density at radius 3 is 2.06 bits per heavy atom. The fourth-order valence-corrected chi connectivity index (χ4v) is 5.54. The number of pyridine rings is 1. The van der Waals surface area contributed by atoms with Gasteiger partial charge in [-0.25, -0.2) is 4.98 Å². The minimum absolute atomic E-state index is 0.0430. The van der Waals surface area contributed by atoms with Gasteiger partial charge in [-0.3, -0.25) is 4.98 Å². The number of benzene rings is 3. The zero-order chi connectivity index (χ0) is 21.0. The predicted octanol–water partition coefficient (Wildman–Crippen LogP) is 7.47. The normalized spacial score (nSPS) is 14.3. The highest BCUT2D eigenvalue weighted by molar-refractivity contribution is 7.21. The van der Waals surface area contributed by atoms with Crippen molar-refractivity contribution in [1.82, 2.24) is 9.97 Å². The fraction of sp³-hybridized carbons (Fsp3) is 0.111. The van der Waals surface area contributed by atoms with Crippen LogP contribution in [0.25, 0.3) is 20.8 Å². The molecule has 4 heteroatoms. The van der Waals surface area contributed by atoms with E-state index in [9.17, 15) is 0 Å². The molecule has 0 spiro atoms. The lowest BCUT2D eigenvalue weighted by molar-refractivity contribution is 0.632. The molecule has 3 nitrogen and oxygen atoms in total. The number of rotatable bonds is 2. The number of aromatic nitrogens is 2. The maximum absolute atomic E-state index is 4.78. The summed E-state index contributed by atoms with van der Waals surface area (Å²) in [7, 11) is 0. The van der Waals surface area contributed by atoms with Crippen LogP contribution in [0, 0.1) is 0 Å². The van der Waals surface area contributed by atoms with Gasteiger partial charge in [-0.1, -0.05) is 50.2 Å². The molecule has 3 heterocycles. The van der Waals surface area contributed by atoms with Crippen molar-refractivity contribution in [2.75, 3.05) is 4.90 Å². The Morgan fingerprint density at radius 1 is 0.774 bits per heavy atom. The monoisotopic (exact) mass is 419 g/mol. The summed E-state index contributed by atoms with van der Waals surface area (Å²) in [5.74, 6) is 0. The smallest absolute Gasteiger partial charge is 0.124 e. The molecule has 2 aromatic heterocycles. The largest absolute Gasteiger partial charge is 0.310 e. The molecule has 0 fully saturated rings. The van der Waals surface area contributed by atoms with Crippen molar-refractivity contribution in [1.29, 1.82) is 0 Å². The number of hydrogen-bond donors (Lipinski definition) is 0. The van der Waals surface area contributed by atoms with Crippen LogP contribution < -0.4 is 4.90 Å². The first-order valence-corrected chi connectivity index (χ1v) is 11.2.